The van der Waals surface area contributed by atoms with E-state index in [9.17, 15) is 19.1 Å². The van der Waals surface area contributed by atoms with Crippen LogP contribution in [-0.4, -0.2) is 52.5 Å². The lowest BCUT2D eigenvalue weighted by Crippen LogP contribution is -2.60. The molecule has 162 valence electrons. The van der Waals surface area contributed by atoms with E-state index in [0.717, 1.165) is 5.69 Å². The van der Waals surface area contributed by atoms with Crippen LogP contribution in [0.15, 0.2) is 49.2 Å². The number of hydrogen-bond donors (Lipinski definition) is 2. The van der Waals surface area contributed by atoms with Crippen LogP contribution in [0.3, 0.4) is 0 Å². The lowest BCUT2D eigenvalue weighted by Gasteiger charge is -2.45. The second-order valence-corrected chi connectivity index (χ2v) is 8.10. The molecule has 1 aromatic heterocycles. The van der Waals surface area contributed by atoms with Gasteiger partial charge in [-0.3, -0.25) is 14.6 Å². The zero-order valence-corrected chi connectivity index (χ0v) is 17.6. The lowest BCUT2D eigenvalue weighted by atomic mass is 9.98. The van der Waals surface area contributed by atoms with Crippen molar-refractivity contribution in [3.8, 4) is 16.9 Å². The van der Waals surface area contributed by atoms with Gasteiger partial charge >= 0.3 is 0 Å². The second-order valence-electron chi connectivity index (χ2n) is 7.69. The van der Waals surface area contributed by atoms with Crippen LogP contribution in [0.1, 0.15) is 0 Å². The second kappa shape index (κ2) is 7.49. The van der Waals surface area contributed by atoms with Crippen LogP contribution in [0.2, 0.25) is 5.02 Å². The van der Waals surface area contributed by atoms with Gasteiger partial charge in [-0.2, -0.15) is 0 Å². The first-order valence-corrected chi connectivity index (χ1v) is 10.4. The van der Waals surface area contributed by atoms with Gasteiger partial charge in [0.1, 0.15) is 17.6 Å². The molecule has 2 aliphatic heterocycles. The Balaban J connectivity index is 1.64. The summed E-state index contributed by atoms with van der Waals surface area (Å²) in [6.45, 7) is 4.63. The van der Waals surface area contributed by atoms with E-state index in [4.69, 9.17) is 11.6 Å². The Morgan fingerprint density at radius 3 is 2.91 bits per heavy atom. The number of nitrogens with one attached hydrogen (secondary N) is 1. The number of piperazine rings is 1. The third-order valence-corrected chi connectivity index (χ3v) is 6.22. The number of fused-ring (bicyclic) bond motifs is 5. The van der Waals surface area contributed by atoms with Crippen LogP contribution in [0, 0.1) is 5.82 Å². The molecule has 0 unspecified atom stereocenters. The fourth-order valence-electron chi connectivity index (χ4n) is 4.39. The molecular formula is C23H18ClFN4O3. The van der Waals surface area contributed by atoms with Gasteiger partial charge in [-0.25, -0.2) is 4.39 Å². The van der Waals surface area contributed by atoms with Crippen molar-refractivity contribution in [1.82, 2.24) is 9.88 Å². The number of phenols is 1. The molecule has 2 aromatic carbocycles. The molecule has 0 bridgehead atoms. The Morgan fingerprint density at radius 1 is 1.34 bits per heavy atom. The average Bonchev–Trinajstić information content (AvgIpc) is 2.78. The molecule has 2 aliphatic rings. The van der Waals surface area contributed by atoms with Gasteiger partial charge in [0, 0.05) is 29.1 Å². The quantitative estimate of drug-likeness (QED) is 0.581. The summed E-state index contributed by atoms with van der Waals surface area (Å²) in [5.74, 6) is -1.27. The van der Waals surface area contributed by atoms with E-state index in [1.54, 1.807) is 23.2 Å². The maximum Gasteiger partial charge on any atom is 0.249 e. The Bertz CT molecular complexity index is 1290. The maximum atomic E-state index is 14.5. The minimum Gasteiger partial charge on any atom is -0.507 e. The summed E-state index contributed by atoms with van der Waals surface area (Å²) in [6, 6.07) is 6.78. The summed E-state index contributed by atoms with van der Waals surface area (Å²) >= 11 is 6.54. The Hall–Kier alpha value is -3.65. The first-order valence-electron chi connectivity index (χ1n) is 9.98. The van der Waals surface area contributed by atoms with Crippen molar-refractivity contribution < 1.29 is 19.1 Å². The monoisotopic (exact) mass is 452 g/mol. The van der Waals surface area contributed by atoms with Crippen molar-refractivity contribution in [2.45, 2.75) is 6.04 Å². The number of carbonyl (C=O) groups excluding carboxylic acids is 2. The molecule has 1 fully saturated rings. The van der Waals surface area contributed by atoms with E-state index in [2.05, 4.69) is 16.9 Å². The number of halogens is 2. The number of hydrogen-bond acceptors (Lipinski definition) is 5. The van der Waals surface area contributed by atoms with E-state index < -0.39 is 11.9 Å². The predicted molar refractivity (Wildman–Crippen MR) is 120 cm³/mol. The Labute approximate surface area is 187 Å². The molecular weight excluding hydrogens is 435 g/mol. The fraction of sp³-hybridized carbons (Fsp3) is 0.174. The van der Waals surface area contributed by atoms with Crippen molar-refractivity contribution in [3.05, 3.63) is 60.0 Å². The van der Waals surface area contributed by atoms with E-state index in [-0.39, 0.29) is 34.7 Å². The number of benzene rings is 2. The van der Waals surface area contributed by atoms with Crippen molar-refractivity contribution in [2.75, 3.05) is 29.9 Å². The SMILES string of the molecule is C=CC(=O)N1CCN2c3c(cnc4cc(-c5c(O)cccc5F)c(Cl)cc34)NC(=O)[C@H]2C1. The van der Waals surface area contributed by atoms with Gasteiger partial charge < -0.3 is 20.2 Å². The first-order chi connectivity index (χ1) is 15.4. The number of pyridine rings is 1. The van der Waals surface area contributed by atoms with Crippen LogP contribution in [0.5, 0.6) is 5.75 Å². The van der Waals surface area contributed by atoms with E-state index >= 15 is 0 Å². The summed E-state index contributed by atoms with van der Waals surface area (Å²) in [5.41, 5.74) is 2.14. The van der Waals surface area contributed by atoms with Crippen LogP contribution in [-0.2, 0) is 9.59 Å². The zero-order chi connectivity index (χ0) is 22.6. The molecule has 3 aromatic rings. The summed E-state index contributed by atoms with van der Waals surface area (Å²) in [4.78, 5) is 32.7. The first kappa shape index (κ1) is 20.3. The molecule has 3 heterocycles. The Kier molecular flexibility index (Phi) is 4.74. The predicted octanol–water partition coefficient (Wildman–Crippen LogP) is 3.56. The maximum absolute atomic E-state index is 14.5. The number of anilines is 2. The number of carbonyl (C=O) groups is 2. The van der Waals surface area contributed by atoms with Gasteiger partial charge in [0.05, 0.1) is 35.2 Å². The smallest absolute Gasteiger partial charge is 0.249 e. The molecule has 0 saturated carbocycles. The average molecular weight is 453 g/mol. The number of phenolic OH excluding ortho intramolecular Hbond substituents is 1. The van der Waals surface area contributed by atoms with Crippen LogP contribution in [0.25, 0.3) is 22.0 Å². The van der Waals surface area contributed by atoms with Gasteiger partial charge in [0.2, 0.25) is 11.8 Å². The highest BCUT2D eigenvalue weighted by Crippen LogP contribution is 2.43. The summed E-state index contributed by atoms with van der Waals surface area (Å²) < 4.78 is 14.5. The molecule has 2 amide bonds. The highest BCUT2D eigenvalue weighted by molar-refractivity contribution is 6.34. The molecule has 0 spiro atoms. The minimum atomic E-state index is -0.598. The normalized spacial score (nSPS) is 17.6. The zero-order valence-electron chi connectivity index (χ0n) is 16.8. The van der Waals surface area contributed by atoms with E-state index in [1.807, 2.05) is 4.90 Å². The molecule has 32 heavy (non-hydrogen) atoms. The topological polar surface area (TPSA) is 85.8 Å². The number of amides is 2. The summed E-state index contributed by atoms with van der Waals surface area (Å²) in [6.07, 6.45) is 2.79. The van der Waals surface area contributed by atoms with Crippen molar-refractivity contribution >= 4 is 45.7 Å². The Morgan fingerprint density at radius 2 is 2.16 bits per heavy atom. The third kappa shape index (κ3) is 3.06. The highest BCUT2D eigenvalue weighted by atomic mass is 35.5. The molecule has 0 aliphatic carbocycles. The van der Waals surface area contributed by atoms with Crippen molar-refractivity contribution in [1.29, 1.82) is 0 Å². The lowest BCUT2D eigenvalue weighted by molar-refractivity contribution is -0.128. The van der Waals surface area contributed by atoms with Crippen molar-refractivity contribution in [3.63, 3.8) is 0 Å². The van der Waals surface area contributed by atoms with Gasteiger partial charge in [-0.1, -0.05) is 24.2 Å². The van der Waals surface area contributed by atoms with Gasteiger partial charge in [0.15, 0.2) is 0 Å². The van der Waals surface area contributed by atoms with Crippen molar-refractivity contribution in [2.24, 2.45) is 0 Å². The van der Waals surface area contributed by atoms with Gasteiger partial charge in [-0.15, -0.1) is 0 Å². The van der Waals surface area contributed by atoms with Crippen LogP contribution < -0.4 is 10.2 Å². The van der Waals surface area contributed by atoms with E-state index in [0.29, 0.717) is 35.2 Å². The molecule has 7 nitrogen and oxygen atoms in total. The highest BCUT2D eigenvalue weighted by Gasteiger charge is 2.39. The standard InChI is InChI=1S/C23H18ClFN4O3/c1-2-20(31)28-6-7-29-18(11-28)23(32)27-17-10-26-16-9-12(14(24)8-13(16)22(17)29)21-15(25)4-3-5-19(21)30/h2-5,8-10,18,30H,1,6-7,11H2,(H,27,32)/t18-/m1/s1. The molecule has 0 radical (unpaired) electrons. The molecule has 2 N–H and O–H groups in total. The summed E-state index contributed by atoms with van der Waals surface area (Å²) in [5, 5.41) is 14.0. The van der Waals surface area contributed by atoms with Crippen LogP contribution >= 0.6 is 11.6 Å². The van der Waals surface area contributed by atoms with Gasteiger partial charge in [-0.05, 0) is 30.3 Å². The molecule has 5 rings (SSSR count). The molecule has 1 saturated heterocycles. The fourth-order valence-corrected chi connectivity index (χ4v) is 4.65. The number of rotatable bonds is 2. The van der Waals surface area contributed by atoms with Gasteiger partial charge in [0.25, 0.3) is 0 Å². The third-order valence-electron chi connectivity index (χ3n) is 5.90. The number of nitrogens with zero attached hydrogens (tertiary/aromatic N) is 3. The largest absolute Gasteiger partial charge is 0.507 e. The van der Waals surface area contributed by atoms with E-state index in [1.165, 1.54) is 24.3 Å². The number of aromatic hydroxyl groups is 1. The molecule has 9 heteroatoms. The minimum absolute atomic E-state index is 0.00153. The molecule has 1 atom stereocenters. The van der Waals surface area contributed by atoms with Crippen LogP contribution in [0.4, 0.5) is 15.8 Å². The summed E-state index contributed by atoms with van der Waals surface area (Å²) in [7, 11) is 0. The number of aromatic nitrogens is 1.